The minimum absolute atomic E-state index is 0.0745. The molecule has 0 saturated carbocycles. The standard InChI is InChI=1S/C31H36F3N5O3S/c1-19(2)29-36-37-30(43-29)20-8-11-24(12-9-20)42-25-17-21(6-7-22(25)18-39-15-4-5-27(39)40)28(41)35-23-10-13-26(31(32,33)34)38(3)16-14-23/h6-9,11-12,17,19,23,26H,4-5,10,13-16,18H2,1-3H3,(H,35,41)/t23-,26-/m1/s1. The maximum atomic E-state index is 13.4. The van der Waals surface area contributed by atoms with Crippen LogP contribution in [0.1, 0.15) is 72.8 Å². The molecule has 1 aromatic heterocycles. The molecule has 2 fully saturated rings. The fourth-order valence-corrected chi connectivity index (χ4v) is 6.29. The molecule has 0 spiro atoms. The van der Waals surface area contributed by atoms with Gasteiger partial charge in [0.05, 0.1) is 0 Å². The van der Waals surface area contributed by atoms with E-state index in [-0.39, 0.29) is 37.2 Å². The Morgan fingerprint density at radius 3 is 2.51 bits per heavy atom. The van der Waals surface area contributed by atoms with Gasteiger partial charge >= 0.3 is 6.18 Å². The Morgan fingerprint density at radius 2 is 1.86 bits per heavy atom. The Balaban J connectivity index is 1.33. The molecular weight excluding hydrogens is 579 g/mol. The Kier molecular flexibility index (Phi) is 9.36. The third kappa shape index (κ3) is 7.53. The van der Waals surface area contributed by atoms with Gasteiger partial charge in [-0.1, -0.05) is 31.3 Å². The SMILES string of the molecule is CC(C)c1nnc(-c2ccc(Oc3cc(C(=O)N[C@@H]4CC[C@H](C(F)(F)F)N(C)CC4)ccc3CN3CCCC3=O)cc2)s1. The van der Waals surface area contributed by atoms with Crippen molar-refractivity contribution >= 4 is 23.2 Å². The molecule has 0 radical (unpaired) electrons. The highest BCUT2D eigenvalue weighted by Crippen LogP contribution is 2.33. The van der Waals surface area contributed by atoms with Crippen molar-refractivity contribution in [1.82, 2.24) is 25.3 Å². The number of nitrogens with one attached hydrogen (secondary N) is 1. The Bertz CT molecular complexity index is 1440. The number of rotatable bonds is 8. The summed E-state index contributed by atoms with van der Waals surface area (Å²) in [6.45, 7) is 5.38. The third-order valence-electron chi connectivity index (χ3n) is 7.99. The molecule has 3 aromatic rings. The monoisotopic (exact) mass is 615 g/mol. The van der Waals surface area contributed by atoms with Gasteiger partial charge < -0.3 is 15.0 Å². The lowest BCUT2D eigenvalue weighted by molar-refractivity contribution is -0.180. The Labute approximate surface area is 253 Å². The summed E-state index contributed by atoms with van der Waals surface area (Å²) in [5.41, 5.74) is 2.00. The van der Waals surface area contributed by atoms with Crippen LogP contribution in [-0.4, -0.2) is 70.2 Å². The highest BCUT2D eigenvalue weighted by Gasteiger charge is 2.43. The van der Waals surface area contributed by atoms with Crippen molar-refractivity contribution in [3.05, 3.63) is 58.6 Å². The van der Waals surface area contributed by atoms with Crippen LogP contribution in [-0.2, 0) is 11.3 Å². The number of likely N-dealkylation sites (tertiary alicyclic amines) is 2. The van der Waals surface area contributed by atoms with E-state index >= 15 is 0 Å². The Morgan fingerprint density at radius 1 is 1.09 bits per heavy atom. The molecule has 2 amide bonds. The molecular formula is C31H36F3N5O3S. The molecule has 2 atom stereocenters. The van der Waals surface area contributed by atoms with E-state index in [1.807, 2.05) is 24.3 Å². The molecule has 43 heavy (non-hydrogen) atoms. The molecule has 1 N–H and O–H groups in total. The summed E-state index contributed by atoms with van der Waals surface area (Å²) in [6, 6.07) is 10.6. The number of nitrogens with zero attached hydrogens (tertiary/aromatic N) is 4. The first-order chi connectivity index (χ1) is 20.5. The summed E-state index contributed by atoms with van der Waals surface area (Å²) < 4.78 is 46.5. The normalized spacial score (nSPS) is 20.0. The molecule has 2 saturated heterocycles. The van der Waals surface area contributed by atoms with Crippen molar-refractivity contribution in [2.75, 3.05) is 20.1 Å². The predicted octanol–water partition coefficient (Wildman–Crippen LogP) is 6.39. The van der Waals surface area contributed by atoms with Crippen LogP contribution in [0.2, 0.25) is 0 Å². The first kappa shape index (κ1) is 30.9. The van der Waals surface area contributed by atoms with Gasteiger partial charge in [0.2, 0.25) is 5.91 Å². The van der Waals surface area contributed by atoms with Crippen molar-refractivity contribution in [2.24, 2.45) is 0 Å². The van der Waals surface area contributed by atoms with Gasteiger partial charge in [-0.3, -0.25) is 14.5 Å². The molecule has 8 nitrogen and oxygen atoms in total. The van der Waals surface area contributed by atoms with Gasteiger partial charge in [-0.25, -0.2) is 0 Å². The van der Waals surface area contributed by atoms with Gasteiger partial charge in [0, 0.05) is 54.7 Å². The van der Waals surface area contributed by atoms with E-state index in [2.05, 4.69) is 29.4 Å². The summed E-state index contributed by atoms with van der Waals surface area (Å²) in [5, 5.41) is 13.3. The average Bonchev–Trinajstić information content (AvgIpc) is 3.57. The van der Waals surface area contributed by atoms with Gasteiger partial charge in [0.15, 0.2) is 0 Å². The number of amides is 2. The third-order valence-corrected chi connectivity index (χ3v) is 9.26. The maximum absolute atomic E-state index is 13.4. The van der Waals surface area contributed by atoms with Gasteiger partial charge in [0.1, 0.15) is 27.6 Å². The number of hydrogen-bond donors (Lipinski definition) is 1. The molecule has 0 aliphatic carbocycles. The molecule has 3 heterocycles. The maximum Gasteiger partial charge on any atom is 0.404 e. The van der Waals surface area contributed by atoms with Gasteiger partial charge in [-0.2, -0.15) is 13.2 Å². The van der Waals surface area contributed by atoms with Crippen molar-refractivity contribution in [3.63, 3.8) is 0 Å². The lowest BCUT2D eigenvalue weighted by atomic mass is 10.0. The van der Waals surface area contributed by atoms with Crippen LogP contribution in [0.15, 0.2) is 42.5 Å². The predicted molar refractivity (Wildman–Crippen MR) is 158 cm³/mol. The van der Waals surface area contributed by atoms with Crippen LogP contribution >= 0.6 is 11.3 Å². The van der Waals surface area contributed by atoms with Crippen molar-refractivity contribution in [2.45, 2.75) is 76.7 Å². The van der Waals surface area contributed by atoms with Crippen LogP contribution in [0.4, 0.5) is 13.2 Å². The number of hydrogen-bond acceptors (Lipinski definition) is 7. The highest BCUT2D eigenvalue weighted by molar-refractivity contribution is 7.14. The number of alkyl halides is 3. The smallest absolute Gasteiger partial charge is 0.404 e. The number of benzene rings is 2. The van der Waals surface area contributed by atoms with Crippen LogP contribution in [0.3, 0.4) is 0 Å². The van der Waals surface area contributed by atoms with Crippen LogP contribution in [0, 0.1) is 0 Å². The van der Waals surface area contributed by atoms with Gasteiger partial charge in [-0.15, -0.1) is 10.2 Å². The van der Waals surface area contributed by atoms with E-state index in [1.54, 1.807) is 34.4 Å². The van der Waals surface area contributed by atoms with E-state index in [1.165, 1.54) is 11.9 Å². The lowest BCUT2D eigenvalue weighted by Gasteiger charge is -2.27. The average molecular weight is 616 g/mol. The van der Waals surface area contributed by atoms with E-state index in [9.17, 15) is 22.8 Å². The van der Waals surface area contributed by atoms with Crippen molar-refractivity contribution in [3.8, 4) is 22.1 Å². The molecule has 0 bridgehead atoms. The molecule has 12 heteroatoms. The fourth-order valence-electron chi connectivity index (χ4n) is 5.44. The highest BCUT2D eigenvalue weighted by atomic mass is 32.1. The van der Waals surface area contributed by atoms with E-state index < -0.39 is 12.2 Å². The molecule has 2 aromatic carbocycles. The van der Waals surface area contributed by atoms with E-state index in [4.69, 9.17) is 4.74 Å². The zero-order valence-electron chi connectivity index (χ0n) is 24.5. The van der Waals surface area contributed by atoms with E-state index in [0.717, 1.165) is 27.6 Å². The van der Waals surface area contributed by atoms with Crippen LogP contribution in [0.5, 0.6) is 11.5 Å². The van der Waals surface area contributed by atoms with Crippen molar-refractivity contribution in [1.29, 1.82) is 0 Å². The molecule has 0 unspecified atom stereocenters. The second kappa shape index (κ2) is 13.0. The number of halogens is 3. The number of aromatic nitrogens is 2. The van der Waals surface area contributed by atoms with Gasteiger partial charge in [0.25, 0.3) is 5.91 Å². The molecule has 2 aliphatic heterocycles. The zero-order chi connectivity index (χ0) is 30.7. The summed E-state index contributed by atoms with van der Waals surface area (Å²) in [7, 11) is 1.47. The lowest BCUT2D eigenvalue weighted by Crippen LogP contribution is -2.42. The van der Waals surface area contributed by atoms with Gasteiger partial charge in [-0.05, 0) is 69.1 Å². The fraction of sp³-hybridized carbons (Fsp3) is 0.484. The number of ether oxygens (including phenoxy) is 1. The topological polar surface area (TPSA) is 87.7 Å². The zero-order valence-corrected chi connectivity index (χ0v) is 25.3. The Hall–Kier alpha value is -3.51. The molecule has 230 valence electrons. The second-order valence-corrected chi connectivity index (χ2v) is 12.6. The largest absolute Gasteiger partial charge is 0.457 e. The van der Waals surface area contributed by atoms with Crippen LogP contribution in [0.25, 0.3) is 10.6 Å². The quantitative estimate of drug-likeness (QED) is 0.316. The number of carbonyl (C=O) groups excluding carboxylic acids is 2. The molecule has 5 rings (SSSR count). The number of carbonyl (C=O) groups is 2. The van der Waals surface area contributed by atoms with E-state index in [0.29, 0.717) is 48.9 Å². The second-order valence-electron chi connectivity index (χ2n) is 11.5. The first-order valence-corrected chi connectivity index (χ1v) is 15.4. The minimum atomic E-state index is -4.31. The molecule has 2 aliphatic rings. The summed E-state index contributed by atoms with van der Waals surface area (Å²) in [5.74, 6) is 0.981. The minimum Gasteiger partial charge on any atom is -0.457 e. The summed E-state index contributed by atoms with van der Waals surface area (Å²) in [4.78, 5) is 28.7. The summed E-state index contributed by atoms with van der Waals surface area (Å²) in [6.07, 6.45) is -2.42. The van der Waals surface area contributed by atoms with Crippen LogP contribution < -0.4 is 10.1 Å². The van der Waals surface area contributed by atoms with Crippen molar-refractivity contribution < 1.29 is 27.5 Å². The summed E-state index contributed by atoms with van der Waals surface area (Å²) >= 11 is 1.54. The first-order valence-electron chi connectivity index (χ1n) is 14.6.